The van der Waals surface area contributed by atoms with E-state index >= 15 is 13.6 Å². The van der Waals surface area contributed by atoms with Crippen molar-refractivity contribution < 1.29 is 160 Å². The Labute approximate surface area is 609 Å². The van der Waals surface area contributed by atoms with Crippen LogP contribution in [0, 0.1) is 29.1 Å². The van der Waals surface area contributed by atoms with Gasteiger partial charge in [-0.1, -0.05) is 84.0 Å². The number of carbonyl (C=O) groups is 11. The average Bonchev–Trinajstić information content (AvgIpc) is 1.19. The average molecular weight is 1530 g/mol. The van der Waals surface area contributed by atoms with Crippen LogP contribution in [0.4, 0.5) is 26.7 Å². The molecule has 0 radical (unpaired) electrons. The second kappa shape index (κ2) is 35.9. The van der Waals surface area contributed by atoms with Gasteiger partial charge in [0.2, 0.25) is 40.7 Å². The van der Waals surface area contributed by atoms with Crippen molar-refractivity contribution in [3.63, 3.8) is 0 Å². The van der Waals surface area contributed by atoms with Crippen LogP contribution < -0.4 is 15.4 Å². The van der Waals surface area contributed by atoms with Crippen LogP contribution in [0.15, 0.2) is 84.0 Å². The normalized spacial score (nSPS) is 26.4. The monoisotopic (exact) mass is 1530 g/mol. The number of hydrogen-bond acceptors (Lipinski definition) is 30. The van der Waals surface area contributed by atoms with E-state index in [1.807, 2.05) is 12.1 Å². The molecule has 2 N–H and O–H groups in total. The van der Waals surface area contributed by atoms with E-state index in [0.29, 0.717) is 16.7 Å². The highest BCUT2D eigenvalue weighted by Gasteiger charge is 2.64. The molecule has 4 fully saturated rings. The van der Waals surface area contributed by atoms with Crippen molar-refractivity contribution in [3.05, 3.63) is 135 Å². The molecular weight excluding hydrogens is 1460 g/mol. The summed E-state index contributed by atoms with van der Waals surface area (Å²) >= 11 is 0. The van der Waals surface area contributed by atoms with Crippen molar-refractivity contribution in [2.75, 3.05) is 40.1 Å². The fourth-order valence-corrected chi connectivity index (χ4v) is 12.8. The summed E-state index contributed by atoms with van der Waals surface area (Å²) < 4.78 is 181. The number of benzene rings is 4. The third kappa shape index (κ3) is 19.2. The molecule has 1 aliphatic carbocycles. The first-order valence-corrected chi connectivity index (χ1v) is 33.0. The number of carbonyl (C=O) groups excluding carboxylic acids is 11. The number of esters is 9. The number of hydrogen-bond donors (Lipinski definition) is 2. The molecule has 0 spiro atoms. The maximum absolute atomic E-state index is 15.3. The number of alkyl carbamates (subject to hydrolysis) is 1. The van der Waals surface area contributed by atoms with Gasteiger partial charge in [-0.3, -0.25) is 38.4 Å². The zero-order valence-electron chi connectivity index (χ0n) is 58.7. The van der Waals surface area contributed by atoms with E-state index in [0.717, 1.165) is 73.6 Å². The van der Waals surface area contributed by atoms with Gasteiger partial charge in [-0.05, 0) is 27.8 Å². The summed E-state index contributed by atoms with van der Waals surface area (Å²) in [6, 6.07) is 15.9. The molecule has 18 atom stereocenters. The fraction of sp³-hybridized carbons (Fsp3) is 0.493. The number of amides is 2. The SMILES string of the molecule is COC(=O)[C@@]1(O[C@H]2[C@@H](OC(C)=O)[C@@H](COC(C)=O)O[C@@H](O[C@@H]3[C@@H](N=[N+]=[N-])[C@H](OC[C@H](NC(=O)OCC4c5ccccc5-c5ccccc54)C(=O)Oc4c(F)c(F)c(F)c(F)c4F)O[C@@H]4CO[C@H](c5ccccc5)O[C@H]34)[C@@H]2OC(C)=O)C[C@H](OC(C)=O)[C@@H](NC(C)=O)[C@H]([C@H](OC(C)=O)[C@@H](COC(C)=O)OC(C)=O)O1. The standard InChI is InChI=1S/C69H72F5N5O29/c1-29(80)76-53-44(97-32(4)83)23-69(67(89)91-9,107-60(53)56(99-34(6)85)45(98-33(5)84)26-92-30(2)81)108-61-57(100-35(7)86)46(27-93-31(3)82)103-66(62(61)101-36(8)87)106-59-54(78-79-75)65(102-47-28-95-64(105-55(47)59)37-17-11-10-12-18-37)94-25-43(63(88)104-58-51(73)49(71)48(70)50(72)52(58)74)77-68(90)96-24-42-40-21-15-13-19-38(40)39-20-14-16-22-41(39)42/h10-22,42-47,53-57,59-62,64-66H,23-28H2,1-9H3,(H,76,80)(H,77,90)/t43-,44-,45+,46+,47+,53+,54+,55-,56+,57-,59+,60+,61-,62+,64-,65+,66-,69-/m0/s1. The summed E-state index contributed by atoms with van der Waals surface area (Å²) in [5.74, 6) is -31.4. The molecule has 4 aromatic rings. The highest BCUT2D eigenvalue weighted by Crippen LogP contribution is 2.47. The quantitative estimate of drug-likeness (QED) is 0.00894. The van der Waals surface area contributed by atoms with Gasteiger partial charge < -0.3 is 95.9 Å². The molecule has 4 aliphatic heterocycles. The highest BCUT2D eigenvalue weighted by molar-refractivity contribution is 5.84. The Balaban J connectivity index is 1.15. The zero-order valence-corrected chi connectivity index (χ0v) is 58.7. The molecule has 108 heavy (non-hydrogen) atoms. The van der Waals surface area contributed by atoms with E-state index in [1.54, 1.807) is 66.7 Å². The Morgan fingerprint density at radius 1 is 0.630 bits per heavy atom. The van der Waals surface area contributed by atoms with Crippen LogP contribution in [0.3, 0.4) is 0 Å². The number of ether oxygens (including phenoxy) is 18. The molecule has 4 heterocycles. The maximum atomic E-state index is 15.3. The molecule has 0 unspecified atom stereocenters. The second-order valence-electron chi connectivity index (χ2n) is 24.7. The van der Waals surface area contributed by atoms with Crippen LogP contribution in [-0.2, 0) is 128 Å². The molecule has 2 amide bonds. The molecule has 34 nitrogen and oxygen atoms in total. The van der Waals surface area contributed by atoms with Crippen LogP contribution in [0.1, 0.15) is 90.7 Å². The highest BCUT2D eigenvalue weighted by atomic mass is 19.2. The van der Waals surface area contributed by atoms with Gasteiger partial charge in [-0.2, -0.15) is 8.78 Å². The van der Waals surface area contributed by atoms with Crippen LogP contribution >= 0.6 is 0 Å². The molecule has 0 aromatic heterocycles. The first-order valence-electron chi connectivity index (χ1n) is 33.0. The minimum absolute atomic E-state index is 0.335. The van der Waals surface area contributed by atoms with Gasteiger partial charge in [0.05, 0.1) is 32.8 Å². The van der Waals surface area contributed by atoms with Crippen molar-refractivity contribution in [2.24, 2.45) is 5.11 Å². The Morgan fingerprint density at radius 3 is 1.80 bits per heavy atom. The van der Waals surface area contributed by atoms with Gasteiger partial charge in [0.15, 0.2) is 49.3 Å². The molecular formula is C69H72F5N5O29. The smallest absolute Gasteiger partial charge is 0.407 e. The molecule has 4 aromatic carbocycles. The molecule has 582 valence electrons. The Morgan fingerprint density at radius 2 is 1.22 bits per heavy atom. The number of methoxy groups -OCH3 is 1. The van der Waals surface area contributed by atoms with Gasteiger partial charge in [0, 0.05) is 71.8 Å². The Hall–Kier alpha value is -10.5. The van der Waals surface area contributed by atoms with Gasteiger partial charge in [-0.15, -0.1) is 0 Å². The van der Waals surface area contributed by atoms with Crippen molar-refractivity contribution in [1.82, 2.24) is 10.6 Å². The van der Waals surface area contributed by atoms with Crippen LogP contribution in [0.25, 0.3) is 21.6 Å². The molecule has 0 bridgehead atoms. The predicted molar refractivity (Wildman–Crippen MR) is 343 cm³/mol. The van der Waals surface area contributed by atoms with Crippen molar-refractivity contribution in [2.45, 2.75) is 178 Å². The molecule has 4 saturated heterocycles. The minimum atomic E-state index is -3.28. The van der Waals surface area contributed by atoms with E-state index in [4.69, 9.17) is 85.3 Å². The Kier molecular flexibility index (Phi) is 27.1. The first-order chi connectivity index (χ1) is 51.3. The van der Waals surface area contributed by atoms with Gasteiger partial charge in [0.1, 0.15) is 68.6 Å². The lowest BCUT2D eigenvalue weighted by molar-refractivity contribution is -0.393. The summed E-state index contributed by atoms with van der Waals surface area (Å²) in [4.78, 5) is 151. The number of halogens is 5. The number of nitrogens with one attached hydrogen (secondary N) is 2. The third-order valence-electron chi connectivity index (χ3n) is 17.0. The van der Waals surface area contributed by atoms with Gasteiger partial charge in [0.25, 0.3) is 5.79 Å². The number of fused-ring (bicyclic) bond motifs is 4. The van der Waals surface area contributed by atoms with Crippen molar-refractivity contribution in [1.29, 1.82) is 0 Å². The lowest BCUT2D eigenvalue weighted by atomic mass is 9.87. The first kappa shape index (κ1) is 81.6. The van der Waals surface area contributed by atoms with E-state index in [2.05, 4.69) is 20.7 Å². The van der Waals surface area contributed by atoms with E-state index in [9.17, 15) is 66.6 Å². The van der Waals surface area contributed by atoms with Crippen LogP contribution in [-0.4, -0.2) is 210 Å². The Bertz CT molecular complexity index is 4030. The van der Waals surface area contributed by atoms with E-state index < -0.39 is 256 Å². The summed E-state index contributed by atoms with van der Waals surface area (Å²) in [7, 11) is 0.785. The predicted octanol–water partition coefficient (Wildman–Crippen LogP) is 5.17. The summed E-state index contributed by atoms with van der Waals surface area (Å²) in [6.45, 7) is 2.95. The van der Waals surface area contributed by atoms with Crippen LogP contribution in [0.2, 0.25) is 0 Å². The third-order valence-corrected chi connectivity index (χ3v) is 17.0. The van der Waals surface area contributed by atoms with Gasteiger partial charge >= 0.3 is 59.8 Å². The minimum Gasteiger partial charge on any atom is -0.465 e. The molecule has 5 aliphatic rings. The van der Waals surface area contributed by atoms with Crippen LogP contribution in [0.5, 0.6) is 5.75 Å². The molecule has 9 rings (SSSR count). The lowest BCUT2D eigenvalue weighted by Crippen LogP contribution is -2.72. The summed E-state index contributed by atoms with van der Waals surface area (Å²) in [6.07, 6.45) is -30.9. The summed E-state index contributed by atoms with van der Waals surface area (Å²) in [5, 5.41) is 8.50. The zero-order chi connectivity index (χ0) is 78.6. The fourth-order valence-electron chi connectivity index (χ4n) is 12.8. The molecule has 0 saturated carbocycles. The van der Waals surface area contributed by atoms with Crippen molar-refractivity contribution >= 4 is 65.7 Å². The summed E-state index contributed by atoms with van der Waals surface area (Å²) in [5.41, 5.74) is 13.8. The number of rotatable bonds is 27. The van der Waals surface area contributed by atoms with E-state index in [-0.39, 0.29) is 0 Å². The lowest BCUT2D eigenvalue weighted by Gasteiger charge is -2.53. The number of nitrogens with zero attached hydrogens (tertiary/aromatic N) is 3. The topological polar surface area (TPSA) is 427 Å². The van der Waals surface area contributed by atoms with Crippen molar-refractivity contribution in [3.8, 4) is 16.9 Å². The van der Waals surface area contributed by atoms with Gasteiger partial charge in [-0.25, -0.2) is 27.6 Å². The van der Waals surface area contributed by atoms with E-state index in [1.165, 1.54) is 0 Å². The second-order valence-corrected chi connectivity index (χ2v) is 24.7. The number of azide groups is 1. The maximum Gasteiger partial charge on any atom is 0.407 e. The largest absolute Gasteiger partial charge is 0.465 e. The molecule has 39 heteroatoms.